The van der Waals surface area contributed by atoms with Crippen LogP contribution in [-0.4, -0.2) is 35.9 Å². The second-order valence-corrected chi connectivity index (χ2v) is 5.87. The molecule has 1 aromatic carbocycles. The summed E-state index contributed by atoms with van der Waals surface area (Å²) in [5.41, 5.74) is 0.738. The maximum absolute atomic E-state index is 12.5. The summed E-state index contributed by atoms with van der Waals surface area (Å²) in [6.07, 6.45) is 2.74. The minimum atomic E-state index is -2.87. The average molecular weight is 364 g/mol. The molecule has 2 amide bonds. The first-order chi connectivity index (χ1) is 12.5. The van der Waals surface area contributed by atoms with Gasteiger partial charge in [0.15, 0.2) is 5.76 Å². The summed E-state index contributed by atoms with van der Waals surface area (Å²) >= 11 is 0. The van der Waals surface area contributed by atoms with E-state index in [1.54, 1.807) is 24.3 Å². The monoisotopic (exact) mass is 364 g/mol. The molecule has 0 bridgehead atoms. The lowest BCUT2D eigenvalue weighted by molar-refractivity contribution is -0.125. The predicted octanol–water partition coefficient (Wildman–Crippen LogP) is 2.80. The third-order valence-corrected chi connectivity index (χ3v) is 4.16. The number of furan rings is 1. The highest BCUT2D eigenvalue weighted by Gasteiger charge is 2.35. The zero-order chi connectivity index (χ0) is 18.5. The van der Waals surface area contributed by atoms with Crippen LogP contribution in [0.2, 0.25) is 0 Å². The van der Waals surface area contributed by atoms with E-state index in [9.17, 15) is 18.4 Å². The fourth-order valence-electron chi connectivity index (χ4n) is 2.92. The molecule has 0 aliphatic carbocycles. The topological polar surface area (TPSA) is 71.8 Å². The maximum Gasteiger partial charge on any atom is 0.387 e. The highest BCUT2D eigenvalue weighted by molar-refractivity contribution is 5.95. The van der Waals surface area contributed by atoms with Gasteiger partial charge in [0.05, 0.1) is 6.26 Å². The van der Waals surface area contributed by atoms with E-state index in [-0.39, 0.29) is 29.9 Å². The fourth-order valence-corrected chi connectivity index (χ4v) is 2.92. The Morgan fingerprint density at radius 3 is 2.69 bits per heavy atom. The van der Waals surface area contributed by atoms with E-state index in [1.165, 1.54) is 23.3 Å². The van der Waals surface area contributed by atoms with Crippen molar-refractivity contribution in [3.63, 3.8) is 0 Å². The molecule has 0 saturated carbocycles. The molecule has 0 radical (unpaired) electrons. The fraction of sp³-hybridized carbons (Fsp3) is 0.333. The Balaban J connectivity index is 1.56. The molecule has 1 aliphatic rings. The van der Waals surface area contributed by atoms with Gasteiger partial charge < -0.3 is 19.4 Å². The van der Waals surface area contributed by atoms with Gasteiger partial charge in [0.25, 0.3) is 5.91 Å². The molecule has 1 atom stereocenters. The summed E-state index contributed by atoms with van der Waals surface area (Å²) < 4.78 is 33.7. The van der Waals surface area contributed by atoms with Gasteiger partial charge in [-0.25, -0.2) is 0 Å². The smallest absolute Gasteiger partial charge is 0.387 e. The van der Waals surface area contributed by atoms with Crippen molar-refractivity contribution in [2.45, 2.75) is 32.0 Å². The molecular weight excluding hydrogens is 346 g/mol. The van der Waals surface area contributed by atoms with Gasteiger partial charge in [0.1, 0.15) is 11.8 Å². The van der Waals surface area contributed by atoms with Crippen LogP contribution in [-0.2, 0) is 11.3 Å². The molecule has 1 aliphatic heterocycles. The number of ether oxygens (including phenoxy) is 1. The van der Waals surface area contributed by atoms with Crippen LogP contribution >= 0.6 is 0 Å². The number of benzene rings is 1. The summed E-state index contributed by atoms with van der Waals surface area (Å²) in [6, 6.07) is 8.66. The number of nitrogens with zero attached hydrogens (tertiary/aromatic N) is 1. The van der Waals surface area contributed by atoms with Crippen LogP contribution in [0.25, 0.3) is 0 Å². The average Bonchev–Trinajstić information content (AvgIpc) is 3.31. The molecule has 0 spiro atoms. The van der Waals surface area contributed by atoms with E-state index in [4.69, 9.17) is 4.42 Å². The number of carbonyl (C=O) groups excluding carboxylic acids is 2. The lowest BCUT2D eigenvalue weighted by atomic mass is 10.1. The second-order valence-electron chi connectivity index (χ2n) is 5.87. The first-order valence-corrected chi connectivity index (χ1v) is 8.20. The minimum absolute atomic E-state index is 0.0566. The summed E-state index contributed by atoms with van der Waals surface area (Å²) in [4.78, 5) is 26.4. The van der Waals surface area contributed by atoms with Crippen LogP contribution in [0.4, 0.5) is 8.78 Å². The van der Waals surface area contributed by atoms with Crippen molar-refractivity contribution in [1.29, 1.82) is 0 Å². The third kappa shape index (κ3) is 4.19. The minimum Gasteiger partial charge on any atom is -0.459 e. The largest absolute Gasteiger partial charge is 0.459 e. The van der Waals surface area contributed by atoms with Gasteiger partial charge in [0.2, 0.25) is 5.91 Å². The number of likely N-dealkylation sites (tertiary alicyclic amines) is 1. The summed E-state index contributed by atoms with van der Waals surface area (Å²) in [7, 11) is 0. The Kier molecular flexibility index (Phi) is 5.50. The molecular formula is C18H18F2N2O4. The first kappa shape index (κ1) is 17.9. The number of amides is 2. The Morgan fingerprint density at radius 1 is 1.27 bits per heavy atom. The van der Waals surface area contributed by atoms with Crippen molar-refractivity contribution >= 4 is 11.8 Å². The van der Waals surface area contributed by atoms with Crippen molar-refractivity contribution in [2.75, 3.05) is 6.54 Å². The molecule has 1 saturated heterocycles. The van der Waals surface area contributed by atoms with Gasteiger partial charge in [-0.2, -0.15) is 8.78 Å². The first-order valence-electron chi connectivity index (χ1n) is 8.20. The highest BCUT2D eigenvalue weighted by Crippen LogP contribution is 2.21. The van der Waals surface area contributed by atoms with E-state index in [0.29, 0.717) is 13.0 Å². The summed E-state index contributed by atoms with van der Waals surface area (Å²) in [6.45, 7) is -2.15. The van der Waals surface area contributed by atoms with Crippen LogP contribution < -0.4 is 10.1 Å². The van der Waals surface area contributed by atoms with Crippen LogP contribution in [0, 0.1) is 0 Å². The molecule has 6 nitrogen and oxygen atoms in total. The molecule has 2 heterocycles. The van der Waals surface area contributed by atoms with Crippen LogP contribution in [0.15, 0.2) is 47.1 Å². The molecule has 138 valence electrons. The third-order valence-electron chi connectivity index (χ3n) is 4.16. The van der Waals surface area contributed by atoms with Gasteiger partial charge in [-0.15, -0.1) is 0 Å². The SMILES string of the molecule is O=C(NCc1ccc(OC(F)F)cc1)[C@H]1CCCN1C(=O)c1ccco1. The molecule has 2 aromatic rings. The summed E-state index contributed by atoms with van der Waals surface area (Å²) in [5.74, 6) is -0.295. The van der Waals surface area contributed by atoms with Gasteiger partial charge in [0, 0.05) is 13.1 Å². The standard InChI is InChI=1S/C18H18F2N2O4/c19-18(20)26-13-7-5-12(6-8-13)11-21-16(23)14-3-1-9-22(14)17(24)15-4-2-10-25-15/h2,4-8,10,14,18H,1,3,9,11H2,(H,21,23)/t14-/m1/s1. The van der Waals surface area contributed by atoms with Crippen molar-refractivity contribution < 1.29 is 27.5 Å². The van der Waals surface area contributed by atoms with E-state index in [2.05, 4.69) is 10.1 Å². The van der Waals surface area contributed by atoms with Crippen LogP contribution in [0.1, 0.15) is 29.0 Å². The summed E-state index contributed by atoms with van der Waals surface area (Å²) in [5, 5.41) is 2.78. The normalized spacial score (nSPS) is 16.7. The van der Waals surface area contributed by atoms with Gasteiger partial charge >= 0.3 is 6.61 Å². The van der Waals surface area contributed by atoms with Crippen molar-refractivity contribution in [2.24, 2.45) is 0 Å². The number of halogens is 2. The second kappa shape index (κ2) is 7.99. The van der Waals surface area contributed by atoms with Crippen molar-refractivity contribution in [3.8, 4) is 5.75 Å². The molecule has 1 N–H and O–H groups in total. The number of hydrogen-bond acceptors (Lipinski definition) is 4. The van der Waals surface area contributed by atoms with Crippen LogP contribution in [0.5, 0.6) is 5.75 Å². The van der Waals surface area contributed by atoms with E-state index >= 15 is 0 Å². The van der Waals surface area contributed by atoms with E-state index < -0.39 is 12.7 Å². The van der Waals surface area contributed by atoms with Crippen molar-refractivity contribution in [1.82, 2.24) is 10.2 Å². The molecule has 8 heteroatoms. The van der Waals surface area contributed by atoms with Gasteiger partial charge in [-0.1, -0.05) is 12.1 Å². The van der Waals surface area contributed by atoms with Gasteiger partial charge in [-0.05, 0) is 42.7 Å². The molecule has 1 aromatic heterocycles. The molecule has 1 fully saturated rings. The maximum atomic E-state index is 12.5. The number of alkyl halides is 2. The lowest BCUT2D eigenvalue weighted by Gasteiger charge is -2.23. The Morgan fingerprint density at radius 2 is 2.04 bits per heavy atom. The number of rotatable bonds is 6. The molecule has 26 heavy (non-hydrogen) atoms. The Labute approximate surface area is 148 Å². The Hall–Kier alpha value is -2.90. The van der Waals surface area contributed by atoms with Gasteiger partial charge in [-0.3, -0.25) is 9.59 Å². The van der Waals surface area contributed by atoms with Crippen molar-refractivity contribution in [3.05, 3.63) is 54.0 Å². The molecule has 0 unspecified atom stereocenters. The number of nitrogens with one attached hydrogen (secondary N) is 1. The lowest BCUT2D eigenvalue weighted by Crippen LogP contribution is -2.45. The number of hydrogen-bond donors (Lipinski definition) is 1. The van der Waals surface area contributed by atoms with E-state index in [0.717, 1.165) is 12.0 Å². The Bertz CT molecular complexity index is 747. The quantitative estimate of drug-likeness (QED) is 0.856. The number of carbonyl (C=O) groups is 2. The zero-order valence-electron chi connectivity index (χ0n) is 13.9. The predicted molar refractivity (Wildman–Crippen MR) is 87.7 cm³/mol. The van der Waals surface area contributed by atoms with Crippen LogP contribution in [0.3, 0.4) is 0 Å². The zero-order valence-corrected chi connectivity index (χ0v) is 13.9. The van der Waals surface area contributed by atoms with E-state index in [1.807, 2.05) is 0 Å². The highest BCUT2D eigenvalue weighted by atomic mass is 19.3. The molecule has 3 rings (SSSR count).